The van der Waals surface area contributed by atoms with E-state index in [1.807, 2.05) is 0 Å². The third kappa shape index (κ3) is 4.90. The Morgan fingerprint density at radius 3 is 2.56 bits per heavy atom. The van der Waals surface area contributed by atoms with Gasteiger partial charge in [-0.1, -0.05) is 53.9 Å². The normalized spacial score (nSPS) is 41.8. The summed E-state index contributed by atoms with van der Waals surface area (Å²) < 4.78 is 0. The first-order valence-corrected chi connectivity index (χ1v) is 14.4. The van der Waals surface area contributed by atoms with E-state index < -0.39 is 0 Å². The van der Waals surface area contributed by atoms with Crippen LogP contribution in [-0.2, 0) is 4.79 Å². The lowest BCUT2D eigenvalue weighted by Gasteiger charge is -2.55. The molecule has 0 aromatic rings. The van der Waals surface area contributed by atoms with Crippen molar-refractivity contribution in [2.75, 3.05) is 0 Å². The quantitative estimate of drug-likeness (QED) is 0.327. The highest BCUT2D eigenvalue weighted by Gasteiger charge is 2.60. The number of nitrogens with one attached hydrogen (secondary N) is 2. The minimum absolute atomic E-state index is 0.140. The smallest absolute Gasteiger partial charge is 0.220 e. The van der Waals surface area contributed by atoms with Crippen molar-refractivity contribution in [2.45, 2.75) is 111 Å². The molecule has 1 saturated heterocycles. The van der Waals surface area contributed by atoms with Gasteiger partial charge in [-0.2, -0.15) is 5.10 Å². The average molecular weight is 489 g/mol. The van der Waals surface area contributed by atoms with Gasteiger partial charge in [0.2, 0.25) is 5.91 Å². The number of carbonyl (C=O) groups is 1. The number of nitrogens with two attached hydrogens (primary N) is 1. The molecule has 1 amide bonds. The molecule has 6 heteroatoms. The van der Waals surface area contributed by atoms with E-state index in [2.05, 4.69) is 50.5 Å². The molecular formula is C28H48N4OS. The second-order valence-electron chi connectivity index (χ2n) is 13.1. The van der Waals surface area contributed by atoms with Gasteiger partial charge in [0, 0.05) is 24.6 Å². The molecule has 1 aliphatic heterocycles. The van der Waals surface area contributed by atoms with Crippen LogP contribution in [0, 0.1) is 46.3 Å². The first-order valence-electron chi connectivity index (χ1n) is 13.9. The molecule has 4 N–H and O–H groups in total. The lowest BCUT2D eigenvalue weighted by molar-refractivity contribution is -0.123. The third-order valence-corrected chi connectivity index (χ3v) is 10.8. The van der Waals surface area contributed by atoms with Gasteiger partial charge in [0.1, 0.15) is 0 Å². The van der Waals surface area contributed by atoms with Crippen LogP contribution in [0.3, 0.4) is 0 Å². The van der Waals surface area contributed by atoms with E-state index in [0.717, 1.165) is 42.7 Å². The molecule has 8 unspecified atom stereocenters. The number of thiocarbonyl (C=S) groups is 1. The average Bonchev–Trinajstić information content (AvgIpc) is 3.06. The Morgan fingerprint density at radius 1 is 1.12 bits per heavy atom. The van der Waals surface area contributed by atoms with Crippen LogP contribution in [0.2, 0.25) is 0 Å². The monoisotopic (exact) mass is 488 g/mol. The van der Waals surface area contributed by atoms with Crippen molar-refractivity contribution < 1.29 is 4.79 Å². The standard InChI is InChI=1S/C28H48N4OS/c1-17(2)7-6-8-18(3)21-9-10-22-20-16-25(33)30-24-15-19(31-32-26(29)34)11-13-28(24,5)23(20)12-14-27(21,22)4/h17-18,20-24H,6-16H2,1-5H3,(H,30,33)(H3,29,32,34)/b31-19+. The van der Waals surface area contributed by atoms with Gasteiger partial charge in [-0.3, -0.25) is 10.2 Å². The molecule has 4 aliphatic rings. The Bertz CT molecular complexity index is 812. The van der Waals surface area contributed by atoms with Crippen LogP contribution in [0.4, 0.5) is 0 Å². The van der Waals surface area contributed by atoms with Gasteiger partial charge in [0.15, 0.2) is 5.11 Å². The lowest BCUT2D eigenvalue weighted by Crippen LogP contribution is -2.54. The van der Waals surface area contributed by atoms with E-state index >= 15 is 0 Å². The van der Waals surface area contributed by atoms with Gasteiger partial charge in [-0.25, -0.2) is 0 Å². The summed E-state index contributed by atoms with van der Waals surface area (Å²) >= 11 is 4.92. The summed E-state index contributed by atoms with van der Waals surface area (Å²) in [6.45, 7) is 12.3. The molecular weight excluding hydrogens is 440 g/mol. The number of nitrogens with zero attached hydrogens (tertiary/aromatic N) is 1. The summed E-state index contributed by atoms with van der Waals surface area (Å²) in [4.78, 5) is 13.2. The van der Waals surface area contributed by atoms with Crippen LogP contribution in [0.15, 0.2) is 5.10 Å². The first kappa shape index (κ1) is 25.9. The van der Waals surface area contributed by atoms with Gasteiger partial charge in [-0.05, 0) is 97.1 Å². The number of fused-ring (bicyclic) bond motifs is 5. The molecule has 5 nitrogen and oxygen atoms in total. The SMILES string of the molecule is CC(C)CCCC(C)C1CCC2C3CC(=O)NC4C/C(=N/NC(N)=S)CCC4(C)C3CCC12C. The van der Waals surface area contributed by atoms with Gasteiger partial charge in [0.05, 0.1) is 0 Å². The molecule has 0 radical (unpaired) electrons. The van der Waals surface area contributed by atoms with Crippen LogP contribution in [0.25, 0.3) is 0 Å². The molecule has 1 heterocycles. The summed E-state index contributed by atoms with van der Waals surface area (Å²) in [6, 6.07) is 0.159. The molecule has 192 valence electrons. The number of hydrogen-bond donors (Lipinski definition) is 3. The van der Waals surface area contributed by atoms with E-state index in [4.69, 9.17) is 18.0 Å². The van der Waals surface area contributed by atoms with Crippen molar-refractivity contribution in [2.24, 2.45) is 57.2 Å². The van der Waals surface area contributed by atoms with Gasteiger partial charge >= 0.3 is 0 Å². The Morgan fingerprint density at radius 2 is 1.85 bits per heavy atom. The fourth-order valence-corrected chi connectivity index (χ4v) is 8.98. The van der Waals surface area contributed by atoms with Crippen LogP contribution in [0.5, 0.6) is 0 Å². The highest BCUT2D eigenvalue weighted by atomic mass is 32.1. The minimum Gasteiger partial charge on any atom is -0.375 e. The molecule has 8 atom stereocenters. The maximum atomic E-state index is 13.2. The number of hydrazone groups is 1. The molecule has 4 rings (SSSR count). The number of amides is 1. The van der Waals surface area contributed by atoms with Crippen molar-refractivity contribution in [3.8, 4) is 0 Å². The Hall–Kier alpha value is -1.17. The topological polar surface area (TPSA) is 79.5 Å². The van der Waals surface area contributed by atoms with E-state index in [1.54, 1.807) is 0 Å². The maximum Gasteiger partial charge on any atom is 0.220 e. The second-order valence-corrected chi connectivity index (χ2v) is 13.5. The molecule has 34 heavy (non-hydrogen) atoms. The molecule has 0 aromatic heterocycles. The molecule has 3 aliphatic carbocycles. The predicted molar refractivity (Wildman–Crippen MR) is 144 cm³/mol. The molecule has 0 aromatic carbocycles. The summed E-state index contributed by atoms with van der Waals surface area (Å²) in [5.41, 5.74) is 9.96. The fraction of sp³-hybridized carbons (Fsp3) is 0.893. The van der Waals surface area contributed by atoms with Crippen molar-refractivity contribution in [1.29, 1.82) is 0 Å². The van der Waals surface area contributed by atoms with E-state index in [9.17, 15) is 4.79 Å². The van der Waals surface area contributed by atoms with Gasteiger partial charge in [0.25, 0.3) is 0 Å². The number of carbonyl (C=O) groups excluding carboxylic acids is 1. The summed E-state index contributed by atoms with van der Waals surface area (Å²) in [5, 5.41) is 8.09. The van der Waals surface area contributed by atoms with E-state index in [1.165, 1.54) is 44.9 Å². The zero-order valence-corrected chi connectivity index (χ0v) is 23.0. The zero-order chi connectivity index (χ0) is 24.7. The van der Waals surface area contributed by atoms with Crippen molar-refractivity contribution in [3.63, 3.8) is 0 Å². The third-order valence-electron chi connectivity index (χ3n) is 10.8. The Balaban J connectivity index is 1.51. The number of hydrogen-bond acceptors (Lipinski definition) is 3. The van der Waals surface area contributed by atoms with E-state index in [0.29, 0.717) is 29.6 Å². The highest BCUT2D eigenvalue weighted by molar-refractivity contribution is 7.80. The molecule has 4 fully saturated rings. The second kappa shape index (κ2) is 10.1. The van der Waals surface area contributed by atoms with Crippen molar-refractivity contribution in [1.82, 2.24) is 10.7 Å². The largest absolute Gasteiger partial charge is 0.375 e. The Labute approximate surface area is 212 Å². The van der Waals surface area contributed by atoms with E-state index in [-0.39, 0.29) is 22.5 Å². The summed E-state index contributed by atoms with van der Waals surface area (Å²) in [6.07, 6.45) is 12.9. The van der Waals surface area contributed by atoms with Crippen molar-refractivity contribution >= 4 is 28.9 Å². The van der Waals surface area contributed by atoms with Crippen LogP contribution >= 0.6 is 12.2 Å². The van der Waals surface area contributed by atoms with Crippen LogP contribution < -0.4 is 16.5 Å². The maximum absolute atomic E-state index is 13.2. The molecule has 0 bridgehead atoms. The van der Waals surface area contributed by atoms with Crippen molar-refractivity contribution in [3.05, 3.63) is 0 Å². The summed E-state index contributed by atoms with van der Waals surface area (Å²) in [7, 11) is 0. The predicted octanol–water partition coefficient (Wildman–Crippen LogP) is 5.78. The van der Waals surface area contributed by atoms with Gasteiger partial charge in [-0.15, -0.1) is 0 Å². The summed E-state index contributed by atoms with van der Waals surface area (Å²) in [5.74, 6) is 4.50. The minimum atomic E-state index is 0.140. The lowest BCUT2D eigenvalue weighted by atomic mass is 9.49. The molecule has 3 saturated carbocycles. The number of rotatable bonds is 6. The molecule has 0 spiro atoms. The van der Waals surface area contributed by atoms with Gasteiger partial charge < -0.3 is 11.1 Å². The zero-order valence-electron chi connectivity index (χ0n) is 22.2. The van der Waals surface area contributed by atoms with Crippen LogP contribution in [-0.4, -0.2) is 22.8 Å². The highest BCUT2D eigenvalue weighted by Crippen LogP contribution is 2.65. The Kier molecular flexibility index (Phi) is 7.67. The fourth-order valence-electron chi connectivity index (χ4n) is 8.94. The first-order chi connectivity index (χ1) is 16.0. The van der Waals surface area contributed by atoms with Crippen LogP contribution in [0.1, 0.15) is 105 Å².